The van der Waals surface area contributed by atoms with E-state index in [2.05, 4.69) is 40.2 Å². The van der Waals surface area contributed by atoms with E-state index in [1.807, 2.05) is 24.3 Å². The summed E-state index contributed by atoms with van der Waals surface area (Å²) in [7, 11) is 0. The van der Waals surface area contributed by atoms with Crippen LogP contribution in [0.4, 0.5) is 0 Å². The molecular formula is C16H17BrClN. The third-order valence-corrected chi connectivity index (χ3v) is 4.41. The molecule has 2 aromatic carbocycles. The molecule has 0 aliphatic heterocycles. The van der Waals surface area contributed by atoms with Gasteiger partial charge in [-0.15, -0.1) is 0 Å². The monoisotopic (exact) mass is 337 g/mol. The summed E-state index contributed by atoms with van der Waals surface area (Å²) in [6.45, 7) is 0. The lowest BCUT2D eigenvalue weighted by atomic mass is 10.00. The van der Waals surface area contributed by atoms with Gasteiger partial charge in [-0.3, -0.25) is 0 Å². The van der Waals surface area contributed by atoms with Gasteiger partial charge in [-0.2, -0.15) is 0 Å². The van der Waals surface area contributed by atoms with Crippen molar-refractivity contribution >= 4 is 27.5 Å². The first-order valence-electron chi connectivity index (χ1n) is 6.41. The Kier molecular flexibility index (Phi) is 5.44. The lowest BCUT2D eigenvalue weighted by Crippen LogP contribution is -2.10. The van der Waals surface area contributed by atoms with E-state index in [1.54, 1.807) is 0 Å². The van der Waals surface area contributed by atoms with Crippen LogP contribution in [0, 0.1) is 0 Å². The first kappa shape index (κ1) is 14.6. The lowest BCUT2D eigenvalue weighted by molar-refractivity contribution is 0.611. The minimum atomic E-state index is 0.0669. The zero-order chi connectivity index (χ0) is 13.7. The third-order valence-electron chi connectivity index (χ3n) is 3.20. The van der Waals surface area contributed by atoms with Crippen LogP contribution in [0.1, 0.15) is 30.0 Å². The van der Waals surface area contributed by atoms with Gasteiger partial charge in [-0.05, 0) is 58.5 Å². The van der Waals surface area contributed by atoms with Gasteiger partial charge in [0.2, 0.25) is 0 Å². The topological polar surface area (TPSA) is 26.0 Å². The maximum atomic E-state index is 6.21. The number of rotatable bonds is 5. The summed E-state index contributed by atoms with van der Waals surface area (Å²) in [6, 6.07) is 16.5. The highest BCUT2D eigenvalue weighted by molar-refractivity contribution is 9.10. The molecule has 1 atom stereocenters. The predicted octanol–water partition coefficient (Wildman–Crippen LogP) is 5.13. The van der Waals surface area contributed by atoms with Crippen LogP contribution in [-0.2, 0) is 6.42 Å². The largest absolute Gasteiger partial charge is 0.324 e. The van der Waals surface area contributed by atoms with Crippen molar-refractivity contribution in [3.05, 3.63) is 69.2 Å². The number of benzene rings is 2. The fourth-order valence-corrected chi connectivity index (χ4v) is 2.59. The van der Waals surface area contributed by atoms with Gasteiger partial charge in [-0.25, -0.2) is 0 Å². The molecule has 100 valence electrons. The van der Waals surface area contributed by atoms with Crippen molar-refractivity contribution in [3.8, 4) is 0 Å². The maximum Gasteiger partial charge on any atom is 0.0548 e. The Bertz CT molecular complexity index is 528. The van der Waals surface area contributed by atoms with Crippen LogP contribution in [-0.4, -0.2) is 0 Å². The molecule has 2 aromatic rings. The SMILES string of the molecule is NC(CCCc1ccccc1)c1ccc(Cl)c(Br)c1. The Morgan fingerprint density at radius 1 is 1.11 bits per heavy atom. The molecule has 1 unspecified atom stereocenters. The molecule has 0 fully saturated rings. The van der Waals surface area contributed by atoms with Gasteiger partial charge < -0.3 is 5.73 Å². The Morgan fingerprint density at radius 2 is 1.84 bits per heavy atom. The van der Waals surface area contributed by atoms with Gasteiger partial charge in [0.05, 0.1) is 5.02 Å². The van der Waals surface area contributed by atoms with Crippen LogP contribution in [0.15, 0.2) is 53.0 Å². The summed E-state index contributed by atoms with van der Waals surface area (Å²) in [6.07, 6.45) is 3.14. The highest BCUT2D eigenvalue weighted by atomic mass is 79.9. The molecule has 0 heterocycles. The van der Waals surface area contributed by atoms with Crippen molar-refractivity contribution < 1.29 is 0 Å². The second kappa shape index (κ2) is 7.09. The summed E-state index contributed by atoms with van der Waals surface area (Å²) in [4.78, 5) is 0. The van der Waals surface area contributed by atoms with Crippen molar-refractivity contribution in [2.75, 3.05) is 0 Å². The molecular weight excluding hydrogens is 322 g/mol. The van der Waals surface area contributed by atoms with Gasteiger partial charge in [-0.1, -0.05) is 48.0 Å². The zero-order valence-corrected chi connectivity index (χ0v) is 13.0. The maximum absolute atomic E-state index is 6.21. The quantitative estimate of drug-likeness (QED) is 0.804. The molecule has 0 aromatic heterocycles. The summed E-state index contributed by atoms with van der Waals surface area (Å²) >= 11 is 9.41. The van der Waals surface area contributed by atoms with Crippen LogP contribution in [0.2, 0.25) is 5.02 Å². The molecule has 0 radical (unpaired) electrons. The standard InChI is InChI=1S/C16H17BrClN/c17-14-11-13(9-10-15(14)18)16(19)8-4-7-12-5-2-1-3-6-12/h1-3,5-6,9-11,16H,4,7-8,19H2. The van der Waals surface area contributed by atoms with E-state index in [1.165, 1.54) is 5.56 Å². The molecule has 0 saturated heterocycles. The number of nitrogens with two attached hydrogens (primary N) is 1. The van der Waals surface area contributed by atoms with E-state index in [9.17, 15) is 0 Å². The molecule has 0 aliphatic rings. The number of hydrogen-bond donors (Lipinski definition) is 1. The molecule has 2 rings (SSSR count). The van der Waals surface area contributed by atoms with Crippen molar-refractivity contribution in [3.63, 3.8) is 0 Å². The number of halogens is 2. The highest BCUT2D eigenvalue weighted by Crippen LogP contribution is 2.27. The minimum absolute atomic E-state index is 0.0669. The van der Waals surface area contributed by atoms with Crippen molar-refractivity contribution in [2.45, 2.75) is 25.3 Å². The van der Waals surface area contributed by atoms with Crippen LogP contribution >= 0.6 is 27.5 Å². The molecule has 3 heteroatoms. The zero-order valence-electron chi connectivity index (χ0n) is 10.7. The van der Waals surface area contributed by atoms with Crippen LogP contribution in [0.5, 0.6) is 0 Å². The molecule has 0 saturated carbocycles. The van der Waals surface area contributed by atoms with Crippen molar-refractivity contribution in [2.24, 2.45) is 5.73 Å². The lowest BCUT2D eigenvalue weighted by Gasteiger charge is -2.13. The molecule has 19 heavy (non-hydrogen) atoms. The second-order valence-corrected chi connectivity index (χ2v) is 5.92. The van der Waals surface area contributed by atoms with E-state index in [0.717, 1.165) is 34.3 Å². The van der Waals surface area contributed by atoms with Crippen LogP contribution in [0.3, 0.4) is 0 Å². The average molecular weight is 339 g/mol. The summed E-state index contributed by atoms with van der Waals surface area (Å²) in [5.41, 5.74) is 8.71. The molecule has 0 amide bonds. The summed E-state index contributed by atoms with van der Waals surface area (Å²) in [5.74, 6) is 0. The summed E-state index contributed by atoms with van der Waals surface area (Å²) in [5, 5.41) is 0.722. The molecule has 0 spiro atoms. The molecule has 2 N–H and O–H groups in total. The fourth-order valence-electron chi connectivity index (χ4n) is 2.08. The molecule has 0 bridgehead atoms. The fraction of sp³-hybridized carbons (Fsp3) is 0.250. The van der Waals surface area contributed by atoms with E-state index in [4.69, 9.17) is 17.3 Å². The first-order chi connectivity index (χ1) is 9.16. The average Bonchev–Trinajstić information content (AvgIpc) is 2.43. The van der Waals surface area contributed by atoms with Crippen LogP contribution < -0.4 is 5.73 Å². The van der Waals surface area contributed by atoms with E-state index >= 15 is 0 Å². The van der Waals surface area contributed by atoms with Crippen LogP contribution in [0.25, 0.3) is 0 Å². The number of aryl methyl sites for hydroxylation is 1. The normalized spacial score (nSPS) is 12.4. The molecule has 0 aliphatic carbocycles. The van der Waals surface area contributed by atoms with Crippen molar-refractivity contribution in [1.29, 1.82) is 0 Å². The predicted molar refractivity (Wildman–Crippen MR) is 85.5 cm³/mol. The number of hydrogen-bond acceptors (Lipinski definition) is 1. The summed E-state index contributed by atoms with van der Waals surface area (Å²) < 4.78 is 0.908. The highest BCUT2D eigenvalue weighted by Gasteiger charge is 2.07. The van der Waals surface area contributed by atoms with E-state index < -0.39 is 0 Å². The van der Waals surface area contributed by atoms with Gasteiger partial charge in [0.15, 0.2) is 0 Å². The van der Waals surface area contributed by atoms with E-state index in [-0.39, 0.29) is 6.04 Å². The molecule has 1 nitrogen and oxygen atoms in total. The Labute approximate surface area is 127 Å². The van der Waals surface area contributed by atoms with Gasteiger partial charge in [0.25, 0.3) is 0 Å². The van der Waals surface area contributed by atoms with Gasteiger partial charge in [0.1, 0.15) is 0 Å². The smallest absolute Gasteiger partial charge is 0.0548 e. The van der Waals surface area contributed by atoms with Gasteiger partial charge in [0, 0.05) is 10.5 Å². The van der Waals surface area contributed by atoms with Crippen molar-refractivity contribution in [1.82, 2.24) is 0 Å². The second-order valence-electron chi connectivity index (χ2n) is 4.66. The van der Waals surface area contributed by atoms with Gasteiger partial charge >= 0.3 is 0 Å². The van der Waals surface area contributed by atoms with E-state index in [0.29, 0.717) is 0 Å². The third kappa shape index (κ3) is 4.34. The minimum Gasteiger partial charge on any atom is -0.324 e. The Hall–Kier alpha value is -0.830. The first-order valence-corrected chi connectivity index (χ1v) is 7.58. The Morgan fingerprint density at radius 3 is 2.53 bits per heavy atom. The Balaban J connectivity index is 1.87.